The first-order valence-electron chi connectivity index (χ1n) is 6.61. The summed E-state index contributed by atoms with van der Waals surface area (Å²) in [7, 11) is 0. The van der Waals surface area contributed by atoms with Gasteiger partial charge in [0.1, 0.15) is 17.1 Å². The zero-order valence-corrected chi connectivity index (χ0v) is 11.9. The van der Waals surface area contributed by atoms with Gasteiger partial charge in [-0.1, -0.05) is 0 Å². The lowest BCUT2D eigenvalue weighted by Crippen LogP contribution is -2.12. The molecule has 2 rings (SSSR count). The van der Waals surface area contributed by atoms with E-state index in [0.29, 0.717) is 23.6 Å². The smallest absolute Gasteiger partial charge is 0.339 e. The van der Waals surface area contributed by atoms with Crippen LogP contribution in [0.2, 0.25) is 0 Å². The fraction of sp³-hybridized carbons (Fsp3) is 0.125. The number of nitrogens with one attached hydrogen (secondary N) is 1. The van der Waals surface area contributed by atoms with Crippen LogP contribution in [0.25, 0.3) is 0 Å². The number of benzene rings is 2. The topological polar surface area (TPSA) is 95.9 Å². The zero-order valence-electron chi connectivity index (χ0n) is 11.9. The Morgan fingerprint density at radius 2 is 1.82 bits per heavy atom. The maximum Gasteiger partial charge on any atom is 0.339 e. The number of ether oxygens (including phenoxy) is 1. The first kappa shape index (κ1) is 15.4. The fourth-order valence-corrected chi connectivity index (χ4v) is 1.86. The minimum atomic E-state index is -1.23. The van der Waals surface area contributed by atoms with E-state index in [1.54, 1.807) is 24.3 Å². The number of amides is 1. The molecule has 0 bridgehead atoms. The molecule has 2 aromatic carbocycles. The molecular weight excluding hydrogens is 286 g/mol. The van der Waals surface area contributed by atoms with Crippen LogP contribution in [0, 0.1) is 0 Å². The van der Waals surface area contributed by atoms with Gasteiger partial charge in [0.25, 0.3) is 5.91 Å². The molecule has 0 aromatic heterocycles. The van der Waals surface area contributed by atoms with Crippen LogP contribution in [0.1, 0.15) is 27.6 Å². The molecule has 114 valence electrons. The fourth-order valence-electron chi connectivity index (χ4n) is 1.86. The maximum atomic E-state index is 12.1. The van der Waals surface area contributed by atoms with E-state index in [1.807, 2.05) is 6.92 Å². The monoisotopic (exact) mass is 301 g/mol. The SMILES string of the molecule is CCOc1ccc(C(=O)Nc2ccc(C(=O)O)c(O)c2)cc1. The number of carboxylic acid groups (broad SMARTS) is 1. The van der Waals surface area contributed by atoms with Gasteiger partial charge in [-0.25, -0.2) is 4.79 Å². The van der Waals surface area contributed by atoms with Crippen molar-refractivity contribution >= 4 is 17.6 Å². The van der Waals surface area contributed by atoms with Gasteiger partial charge in [-0.05, 0) is 43.3 Å². The lowest BCUT2D eigenvalue weighted by molar-refractivity contribution is 0.0693. The minimum Gasteiger partial charge on any atom is -0.507 e. The van der Waals surface area contributed by atoms with Crippen molar-refractivity contribution in [3.05, 3.63) is 53.6 Å². The van der Waals surface area contributed by atoms with Crippen molar-refractivity contribution in [3.8, 4) is 11.5 Å². The molecule has 0 aliphatic rings. The van der Waals surface area contributed by atoms with Crippen LogP contribution in [0.3, 0.4) is 0 Å². The number of carbonyl (C=O) groups is 2. The molecular formula is C16H15NO5. The highest BCUT2D eigenvalue weighted by Crippen LogP contribution is 2.22. The van der Waals surface area contributed by atoms with Gasteiger partial charge in [0.05, 0.1) is 6.61 Å². The summed E-state index contributed by atoms with van der Waals surface area (Å²) in [5, 5.41) is 21.0. The quantitative estimate of drug-likeness (QED) is 0.789. The molecule has 0 aliphatic carbocycles. The van der Waals surface area contributed by atoms with Crippen molar-refractivity contribution in [3.63, 3.8) is 0 Å². The Morgan fingerprint density at radius 1 is 1.14 bits per heavy atom. The molecule has 0 fully saturated rings. The molecule has 0 aliphatic heterocycles. The molecule has 6 nitrogen and oxygen atoms in total. The highest BCUT2D eigenvalue weighted by atomic mass is 16.5. The largest absolute Gasteiger partial charge is 0.507 e. The van der Waals surface area contributed by atoms with Crippen LogP contribution >= 0.6 is 0 Å². The number of phenols is 1. The number of hydrogen-bond donors (Lipinski definition) is 3. The van der Waals surface area contributed by atoms with Crippen molar-refractivity contribution < 1.29 is 24.5 Å². The van der Waals surface area contributed by atoms with Gasteiger partial charge in [0.2, 0.25) is 0 Å². The summed E-state index contributed by atoms with van der Waals surface area (Å²) in [6.45, 7) is 2.41. The number of hydrogen-bond acceptors (Lipinski definition) is 4. The molecule has 0 heterocycles. The molecule has 0 unspecified atom stereocenters. The third-order valence-electron chi connectivity index (χ3n) is 2.91. The van der Waals surface area contributed by atoms with E-state index in [4.69, 9.17) is 9.84 Å². The predicted octanol–water partition coefficient (Wildman–Crippen LogP) is 2.74. The lowest BCUT2D eigenvalue weighted by atomic mass is 10.1. The molecule has 0 radical (unpaired) electrons. The number of carbonyl (C=O) groups excluding carboxylic acids is 1. The van der Waals surface area contributed by atoms with Crippen molar-refractivity contribution in [2.24, 2.45) is 0 Å². The van der Waals surface area contributed by atoms with Gasteiger partial charge < -0.3 is 20.3 Å². The number of rotatable bonds is 5. The van der Waals surface area contributed by atoms with E-state index in [2.05, 4.69) is 5.32 Å². The van der Waals surface area contributed by atoms with Crippen LogP contribution in [0.15, 0.2) is 42.5 Å². The van der Waals surface area contributed by atoms with Crippen LogP contribution < -0.4 is 10.1 Å². The molecule has 0 saturated heterocycles. The average Bonchev–Trinajstić information content (AvgIpc) is 2.48. The third kappa shape index (κ3) is 3.54. The normalized spacial score (nSPS) is 10.0. The van der Waals surface area contributed by atoms with E-state index < -0.39 is 11.7 Å². The maximum absolute atomic E-state index is 12.1. The second-order valence-corrected chi connectivity index (χ2v) is 4.45. The standard InChI is InChI=1S/C16H15NO5/c1-2-22-12-6-3-10(4-7-12)15(19)17-11-5-8-13(16(20)21)14(18)9-11/h3-9,18H,2H2,1H3,(H,17,19)(H,20,21). The minimum absolute atomic E-state index is 0.223. The van der Waals surface area contributed by atoms with Crippen molar-refractivity contribution in [1.29, 1.82) is 0 Å². The molecule has 3 N–H and O–H groups in total. The number of carboxylic acids is 1. The van der Waals surface area contributed by atoms with Crippen LogP contribution in [0.4, 0.5) is 5.69 Å². The van der Waals surface area contributed by atoms with Crippen LogP contribution in [-0.2, 0) is 0 Å². The molecule has 0 spiro atoms. The van der Waals surface area contributed by atoms with Gasteiger partial charge in [0, 0.05) is 17.3 Å². The Morgan fingerprint density at radius 3 is 2.36 bits per heavy atom. The van der Waals surface area contributed by atoms with E-state index in [9.17, 15) is 14.7 Å². The van der Waals surface area contributed by atoms with Crippen molar-refractivity contribution in [1.82, 2.24) is 0 Å². The van der Waals surface area contributed by atoms with Gasteiger partial charge in [-0.2, -0.15) is 0 Å². The van der Waals surface area contributed by atoms with Gasteiger partial charge in [-0.15, -0.1) is 0 Å². The third-order valence-corrected chi connectivity index (χ3v) is 2.91. The highest BCUT2D eigenvalue weighted by Gasteiger charge is 2.12. The van der Waals surface area contributed by atoms with E-state index in [1.165, 1.54) is 18.2 Å². The first-order chi connectivity index (χ1) is 10.5. The summed E-state index contributed by atoms with van der Waals surface area (Å²) in [5.74, 6) is -1.34. The summed E-state index contributed by atoms with van der Waals surface area (Å²) in [4.78, 5) is 22.9. The molecule has 22 heavy (non-hydrogen) atoms. The Labute approximate surface area is 127 Å². The summed E-state index contributed by atoms with van der Waals surface area (Å²) >= 11 is 0. The van der Waals surface area contributed by atoms with Gasteiger partial charge in [0.15, 0.2) is 0 Å². The lowest BCUT2D eigenvalue weighted by Gasteiger charge is -2.08. The predicted molar refractivity (Wildman–Crippen MR) is 80.6 cm³/mol. The number of anilines is 1. The summed E-state index contributed by atoms with van der Waals surface area (Å²) in [5.41, 5.74) is 0.505. The second-order valence-electron chi connectivity index (χ2n) is 4.45. The van der Waals surface area contributed by atoms with E-state index >= 15 is 0 Å². The zero-order chi connectivity index (χ0) is 16.1. The first-order valence-corrected chi connectivity index (χ1v) is 6.61. The Kier molecular flexibility index (Phi) is 4.63. The number of aromatic hydroxyl groups is 1. The van der Waals surface area contributed by atoms with E-state index in [0.717, 1.165) is 0 Å². The van der Waals surface area contributed by atoms with Gasteiger partial charge in [-0.3, -0.25) is 4.79 Å². The number of aromatic carboxylic acids is 1. The van der Waals surface area contributed by atoms with Gasteiger partial charge >= 0.3 is 5.97 Å². The Hall–Kier alpha value is -3.02. The highest BCUT2D eigenvalue weighted by molar-refractivity contribution is 6.04. The van der Waals surface area contributed by atoms with Crippen molar-refractivity contribution in [2.45, 2.75) is 6.92 Å². The summed E-state index contributed by atoms with van der Waals surface area (Å²) in [6.07, 6.45) is 0. The van der Waals surface area contributed by atoms with E-state index in [-0.39, 0.29) is 11.5 Å². The second kappa shape index (κ2) is 6.62. The average molecular weight is 301 g/mol. The Balaban J connectivity index is 2.11. The molecule has 2 aromatic rings. The van der Waals surface area contributed by atoms with Crippen LogP contribution in [-0.4, -0.2) is 28.7 Å². The molecule has 0 saturated carbocycles. The summed E-state index contributed by atoms with van der Waals surface area (Å²) in [6, 6.07) is 10.4. The molecule has 1 amide bonds. The summed E-state index contributed by atoms with van der Waals surface area (Å²) < 4.78 is 5.29. The van der Waals surface area contributed by atoms with Crippen LogP contribution in [0.5, 0.6) is 11.5 Å². The van der Waals surface area contributed by atoms with Crippen molar-refractivity contribution in [2.75, 3.05) is 11.9 Å². The Bertz CT molecular complexity index is 694. The molecule has 0 atom stereocenters. The molecule has 6 heteroatoms.